The molecular formula is C14H25N3O3. The van der Waals surface area contributed by atoms with E-state index in [0.29, 0.717) is 32.2 Å². The number of hydrogen-bond acceptors (Lipinski definition) is 4. The van der Waals surface area contributed by atoms with Gasteiger partial charge in [0.15, 0.2) is 0 Å². The van der Waals surface area contributed by atoms with Crippen molar-refractivity contribution in [3.63, 3.8) is 0 Å². The molecule has 2 amide bonds. The highest BCUT2D eigenvalue weighted by molar-refractivity contribution is 5.90. The average molecular weight is 283 g/mol. The number of nitrogens with zero attached hydrogens (tertiary/aromatic N) is 1. The molecule has 2 N–H and O–H groups in total. The summed E-state index contributed by atoms with van der Waals surface area (Å²) < 4.78 is 5.37. The number of hydrogen-bond donors (Lipinski definition) is 2. The van der Waals surface area contributed by atoms with Gasteiger partial charge in [-0.15, -0.1) is 0 Å². The third-order valence-electron chi connectivity index (χ3n) is 4.10. The van der Waals surface area contributed by atoms with Crippen LogP contribution >= 0.6 is 0 Å². The lowest BCUT2D eigenvalue weighted by atomic mass is 9.91. The summed E-state index contributed by atoms with van der Waals surface area (Å²) in [5, 5.41) is 6.07. The fourth-order valence-electron chi connectivity index (χ4n) is 2.94. The summed E-state index contributed by atoms with van der Waals surface area (Å²) in [5.41, 5.74) is 0. The molecule has 2 rings (SSSR count). The molecule has 6 nitrogen and oxygen atoms in total. The van der Waals surface area contributed by atoms with Gasteiger partial charge in [0.05, 0.1) is 19.3 Å². The van der Waals surface area contributed by atoms with Gasteiger partial charge in [0.1, 0.15) is 6.04 Å². The Hall–Kier alpha value is -1.14. The lowest BCUT2D eigenvalue weighted by Gasteiger charge is -2.39. The van der Waals surface area contributed by atoms with Crippen molar-refractivity contribution in [2.24, 2.45) is 5.92 Å². The minimum atomic E-state index is -0.493. The number of nitrogens with one attached hydrogen (secondary N) is 2. The maximum Gasteiger partial charge on any atom is 0.245 e. The van der Waals surface area contributed by atoms with E-state index in [-0.39, 0.29) is 17.9 Å². The first kappa shape index (κ1) is 15.3. The number of piperidine rings is 1. The zero-order chi connectivity index (χ0) is 14.5. The standard InChI is InChI=1S/C14H25N3O3/c1-3-15-13(18)11-9-20-8-7-17(11)14(19)12-10(2)5-4-6-16-12/h10-12,16H,3-9H2,1-2H3,(H,15,18). The quantitative estimate of drug-likeness (QED) is 0.748. The van der Waals surface area contributed by atoms with Gasteiger partial charge in [-0.25, -0.2) is 0 Å². The summed E-state index contributed by atoms with van der Waals surface area (Å²) >= 11 is 0. The molecule has 2 saturated heterocycles. The zero-order valence-corrected chi connectivity index (χ0v) is 12.4. The summed E-state index contributed by atoms with van der Waals surface area (Å²) in [4.78, 5) is 26.5. The Morgan fingerprint density at radius 2 is 2.25 bits per heavy atom. The second-order valence-corrected chi connectivity index (χ2v) is 5.57. The van der Waals surface area contributed by atoms with Crippen LogP contribution in [0.1, 0.15) is 26.7 Å². The smallest absolute Gasteiger partial charge is 0.245 e. The number of carbonyl (C=O) groups is 2. The Bertz CT molecular complexity index is 362. The van der Waals surface area contributed by atoms with Crippen molar-refractivity contribution in [1.29, 1.82) is 0 Å². The minimum Gasteiger partial charge on any atom is -0.377 e. The van der Waals surface area contributed by atoms with Gasteiger partial charge >= 0.3 is 0 Å². The molecule has 6 heteroatoms. The summed E-state index contributed by atoms with van der Waals surface area (Å²) in [6, 6.07) is -0.661. The van der Waals surface area contributed by atoms with Gasteiger partial charge in [0.2, 0.25) is 11.8 Å². The fourth-order valence-corrected chi connectivity index (χ4v) is 2.94. The largest absolute Gasteiger partial charge is 0.377 e. The first-order chi connectivity index (χ1) is 9.65. The van der Waals surface area contributed by atoms with E-state index in [1.165, 1.54) is 0 Å². The second-order valence-electron chi connectivity index (χ2n) is 5.57. The number of carbonyl (C=O) groups excluding carboxylic acids is 2. The molecule has 3 unspecified atom stereocenters. The molecule has 2 aliphatic rings. The van der Waals surface area contributed by atoms with Crippen LogP contribution in [0, 0.1) is 5.92 Å². The van der Waals surface area contributed by atoms with Gasteiger partial charge in [-0.1, -0.05) is 6.92 Å². The molecule has 3 atom stereocenters. The molecular weight excluding hydrogens is 258 g/mol. The Balaban J connectivity index is 2.06. The molecule has 0 spiro atoms. The first-order valence-electron chi connectivity index (χ1n) is 7.54. The number of rotatable bonds is 3. The van der Waals surface area contributed by atoms with Gasteiger partial charge in [-0.3, -0.25) is 9.59 Å². The number of amides is 2. The molecule has 2 fully saturated rings. The van der Waals surface area contributed by atoms with E-state index in [0.717, 1.165) is 19.4 Å². The average Bonchev–Trinajstić information content (AvgIpc) is 2.47. The van der Waals surface area contributed by atoms with Gasteiger partial charge < -0.3 is 20.3 Å². The van der Waals surface area contributed by atoms with Crippen LogP contribution in [0.25, 0.3) is 0 Å². The predicted octanol–water partition coefficient (Wildman–Crippen LogP) is -0.262. The van der Waals surface area contributed by atoms with Crippen molar-refractivity contribution in [3.8, 4) is 0 Å². The van der Waals surface area contributed by atoms with Crippen molar-refractivity contribution < 1.29 is 14.3 Å². The predicted molar refractivity (Wildman–Crippen MR) is 75.2 cm³/mol. The maximum absolute atomic E-state index is 12.7. The summed E-state index contributed by atoms with van der Waals surface area (Å²) in [7, 11) is 0. The maximum atomic E-state index is 12.7. The lowest BCUT2D eigenvalue weighted by Crippen LogP contribution is -2.61. The van der Waals surface area contributed by atoms with E-state index < -0.39 is 6.04 Å². The Morgan fingerprint density at radius 1 is 1.45 bits per heavy atom. The SMILES string of the molecule is CCNC(=O)C1COCCN1C(=O)C1NCCCC1C. The highest BCUT2D eigenvalue weighted by Crippen LogP contribution is 2.19. The molecule has 0 aliphatic carbocycles. The monoisotopic (exact) mass is 283 g/mol. The Morgan fingerprint density at radius 3 is 2.95 bits per heavy atom. The number of morpholine rings is 1. The van der Waals surface area contributed by atoms with E-state index in [1.54, 1.807) is 4.90 Å². The number of likely N-dealkylation sites (N-methyl/N-ethyl adjacent to an activating group) is 1. The number of ether oxygens (including phenoxy) is 1. The van der Waals surface area contributed by atoms with Crippen LogP contribution in [0.15, 0.2) is 0 Å². The summed E-state index contributed by atoms with van der Waals surface area (Å²) in [6.07, 6.45) is 2.16. The summed E-state index contributed by atoms with van der Waals surface area (Å²) in [5.74, 6) is 0.231. The van der Waals surface area contributed by atoms with Gasteiger partial charge in [-0.2, -0.15) is 0 Å². The first-order valence-corrected chi connectivity index (χ1v) is 7.54. The summed E-state index contributed by atoms with van der Waals surface area (Å²) in [6.45, 7) is 6.69. The van der Waals surface area contributed by atoms with E-state index in [2.05, 4.69) is 17.6 Å². The van der Waals surface area contributed by atoms with E-state index in [9.17, 15) is 9.59 Å². The van der Waals surface area contributed by atoms with Gasteiger partial charge in [0, 0.05) is 13.1 Å². The van der Waals surface area contributed by atoms with Crippen LogP contribution in [0.4, 0.5) is 0 Å². The van der Waals surface area contributed by atoms with Crippen LogP contribution in [0.2, 0.25) is 0 Å². The molecule has 20 heavy (non-hydrogen) atoms. The van der Waals surface area contributed by atoms with Crippen LogP contribution in [0.3, 0.4) is 0 Å². The van der Waals surface area contributed by atoms with Gasteiger partial charge in [-0.05, 0) is 32.2 Å². The minimum absolute atomic E-state index is 0.0387. The van der Waals surface area contributed by atoms with E-state index >= 15 is 0 Å². The molecule has 0 radical (unpaired) electrons. The fraction of sp³-hybridized carbons (Fsp3) is 0.857. The topological polar surface area (TPSA) is 70.7 Å². The molecule has 0 aromatic heterocycles. The van der Waals surface area contributed by atoms with E-state index in [4.69, 9.17) is 4.74 Å². The van der Waals surface area contributed by atoms with Crippen molar-refractivity contribution >= 4 is 11.8 Å². The Labute approximate surface area is 120 Å². The van der Waals surface area contributed by atoms with E-state index in [1.807, 2.05) is 6.92 Å². The lowest BCUT2D eigenvalue weighted by molar-refractivity contribution is -0.151. The van der Waals surface area contributed by atoms with Crippen LogP contribution in [-0.2, 0) is 14.3 Å². The highest BCUT2D eigenvalue weighted by Gasteiger charge is 2.38. The van der Waals surface area contributed by atoms with Crippen LogP contribution in [0.5, 0.6) is 0 Å². The molecule has 2 heterocycles. The second kappa shape index (κ2) is 7.04. The van der Waals surface area contributed by atoms with Crippen molar-refractivity contribution in [2.45, 2.75) is 38.8 Å². The van der Waals surface area contributed by atoms with Crippen LogP contribution in [-0.4, -0.2) is 61.6 Å². The van der Waals surface area contributed by atoms with Crippen molar-refractivity contribution in [2.75, 3.05) is 32.8 Å². The van der Waals surface area contributed by atoms with Crippen molar-refractivity contribution in [1.82, 2.24) is 15.5 Å². The normalized spacial score (nSPS) is 30.9. The zero-order valence-electron chi connectivity index (χ0n) is 12.4. The molecule has 0 saturated carbocycles. The van der Waals surface area contributed by atoms with Crippen LogP contribution < -0.4 is 10.6 Å². The van der Waals surface area contributed by atoms with Crippen molar-refractivity contribution in [3.05, 3.63) is 0 Å². The third kappa shape index (κ3) is 3.30. The molecule has 0 bridgehead atoms. The highest BCUT2D eigenvalue weighted by atomic mass is 16.5. The molecule has 2 aliphatic heterocycles. The molecule has 114 valence electrons. The third-order valence-corrected chi connectivity index (χ3v) is 4.10. The van der Waals surface area contributed by atoms with Gasteiger partial charge in [0.25, 0.3) is 0 Å². The molecule has 0 aromatic carbocycles. The Kier molecular flexibility index (Phi) is 5.37. The molecule has 0 aromatic rings.